The molecule has 7 nitrogen and oxygen atoms in total. The molecule has 188 valence electrons. The molecule has 1 aliphatic heterocycles. The van der Waals surface area contributed by atoms with Crippen LogP contribution in [0.2, 0.25) is 10.0 Å². The molecule has 0 aromatic heterocycles. The van der Waals surface area contributed by atoms with Crippen LogP contribution in [0.25, 0.3) is 0 Å². The van der Waals surface area contributed by atoms with Crippen LogP contribution in [-0.4, -0.2) is 31.6 Å². The number of ether oxygens (including phenoxy) is 3. The normalized spacial score (nSPS) is 16.0. The zero-order valence-electron chi connectivity index (χ0n) is 20.5. The Hall–Kier alpha value is -2.42. The first kappa shape index (κ1) is 29.1. The van der Waals surface area contributed by atoms with Gasteiger partial charge in [-0.25, -0.2) is 0 Å². The average Bonchev–Trinajstić information content (AvgIpc) is 2.86. The van der Waals surface area contributed by atoms with Crippen molar-refractivity contribution in [2.75, 3.05) is 19.8 Å². The van der Waals surface area contributed by atoms with E-state index in [1.54, 1.807) is 36.4 Å². The van der Waals surface area contributed by atoms with Gasteiger partial charge >= 0.3 is 29.6 Å². The van der Waals surface area contributed by atoms with Gasteiger partial charge in [-0.1, -0.05) is 47.5 Å². The van der Waals surface area contributed by atoms with E-state index in [4.69, 9.17) is 37.4 Å². The summed E-state index contributed by atoms with van der Waals surface area (Å²) >= 11 is 12.5. The second-order valence-corrected chi connectivity index (χ2v) is 8.99. The number of benzene rings is 3. The maximum absolute atomic E-state index is 12.7. The number of para-hydroxylation sites is 1. The molecule has 0 radical (unpaired) electrons. The standard InChI is InChI=1S/C27H25Cl2NO6.Na/c1-2-34-24-16-19(28)9-7-17(24)11-13-30-25(31)18-8-10-23(21(29)15-18)36-27(26(32)33)12-14-35-22-6-4-3-5-20(22)27;/h3-10,15-16H,2,11-14H2,1H3,(H,30,31)(H,32,33);/q;+1/p-1. The number of amides is 1. The number of halogens is 2. The van der Waals surface area contributed by atoms with Gasteiger partial charge in [0.15, 0.2) is 5.60 Å². The number of carboxylic acid groups (broad SMARTS) is 1. The summed E-state index contributed by atoms with van der Waals surface area (Å²) in [6.07, 6.45) is 0.585. The van der Waals surface area contributed by atoms with Crippen molar-refractivity contribution < 1.29 is 58.5 Å². The van der Waals surface area contributed by atoms with E-state index >= 15 is 0 Å². The van der Waals surface area contributed by atoms with Crippen LogP contribution < -0.4 is 54.2 Å². The van der Waals surface area contributed by atoms with Gasteiger partial charge in [0, 0.05) is 29.1 Å². The van der Waals surface area contributed by atoms with Crippen LogP contribution in [0.15, 0.2) is 60.7 Å². The Kier molecular flexibility index (Phi) is 10.2. The molecule has 0 fully saturated rings. The van der Waals surface area contributed by atoms with Crippen molar-refractivity contribution in [2.45, 2.75) is 25.4 Å². The number of nitrogens with one attached hydrogen (secondary N) is 1. The minimum atomic E-state index is -1.76. The summed E-state index contributed by atoms with van der Waals surface area (Å²) in [5, 5.41) is 15.8. The number of carbonyl (C=O) groups excluding carboxylic acids is 2. The Bertz CT molecular complexity index is 1290. The number of aliphatic carboxylic acids is 1. The summed E-state index contributed by atoms with van der Waals surface area (Å²) in [6, 6.07) is 16.6. The van der Waals surface area contributed by atoms with E-state index < -0.39 is 11.6 Å². The van der Waals surface area contributed by atoms with Gasteiger partial charge < -0.3 is 29.4 Å². The first-order valence-electron chi connectivity index (χ1n) is 11.5. The van der Waals surface area contributed by atoms with E-state index in [0.29, 0.717) is 47.2 Å². The van der Waals surface area contributed by atoms with Gasteiger partial charge in [0.25, 0.3) is 5.91 Å². The average molecular weight is 552 g/mol. The zero-order chi connectivity index (χ0) is 25.7. The Morgan fingerprint density at radius 3 is 2.59 bits per heavy atom. The molecular formula is C27H24Cl2NNaO6. The molecule has 1 heterocycles. The van der Waals surface area contributed by atoms with E-state index in [0.717, 1.165) is 5.56 Å². The molecule has 3 aromatic rings. The summed E-state index contributed by atoms with van der Waals surface area (Å²) in [4.78, 5) is 24.9. The topological polar surface area (TPSA) is 96.9 Å². The molecule has 3 aromatic carbocycles. The summed E-state index contributed by atoms with van der Waals surface area (Å²) in [7, 11) is 0. The fourth-order valence-electron chi connectivity index (χ4n) is 4.08. The zero-order valence-corrected chi connectivity index (χ0v) is 24.0. The van der Waals surface area contributed by atoms with Gasteiger partial charge in [0.2, 0.25) is 0 Å². The maximum Gasteiger partial charge on any atom is 1.00 e. The monoisotopic (exact) mass is 551 g/mol. The van der Waals surface area contributed by atoms with Gasteiger partial charge in [-0.05, 0) is 55.3 Å². The molecule has 1 unspecified atom stereocenters. The van der Waals surface area contributed by atoms with Crippen LogP contribution >= 0.6 is 23.2 Å². The number of rotatable bonds is 9. The second kappa shape index (κ2) is 12.9. The Labute approximate surface area is 247 Å². The minimum Gasteiger partial charge on any atom is -0.545 e. The Morgan fingerprint density at radius 2 is 1.86 bits per heavy atom. The van der Waals surface area contributed by atoms with Crippen LogP contribution in [-0.2, 0) is 16.8 Å². The van der Waals surface area contributed by atoms with Crippen molar-refractivity contribution >= 4 is 35.1 Å². The molecule has 10 heteroatoms. The van der Waals surface area contributed by atoms with Crippen LogP contribution in [0.1, 0.15) is 34.8 Å². The van der Waals surface area contributed by atoms with Crippen molar-refractivity contribution in [1.82, 2.24) is 5.32 Å². The number of fused-ring (bicyclic) bond motifs is 1. The summed E-state index contributed by atoms with van der Waals surface area (Å²) in [5.41, 5.74) is -0.183. The SMILES string of the molecule is CCOc1cc(Cl)ccc1CCNC(=O)c1ccc(OC2(C(=O)[O-])CCOc3ccccc32)c(Cl)c1.[Na+]. The molecular weight excluding hydrogens is 528 g/mol. The molecule has 4 rings (SSSR count). The third-order valence-electron chi connectivity index (χ3n) is 5.85. The van der Waals surface area contributed by atoms with Gasteiger partial charge in [-0.3, -0.25) is 4.79 Å². The van der Waals surface area contributed by atoms with E-state index in [2.05, 4.69) is 5.32 Å². The van der Waals surface area contributed by atoms with Crippen LogP contribution in [0.3, 0.4) is 0 Å². The van der Waals surface area contributed by atoms with Crippen molar-refractivity contribution in [3.05, 3.63) is 87.4 Å². The van der Waals surface area contributed by atoms with E-state index in [1.165, 1.54) is 18.2 Å². The minimum absolute atomic E-state index is 0. The van der Waals surface area contributed by atoms with Crippen molar-refractivity contribution in [3.8, 4) is 17.2 Å². The predicted octanol–water partition coefficient (Wildman–Crippen LogP) is 1.18. The number of hydrogen-bond donors (Lipinski definition) is 1. The Balaban J connectivity index is 0.00000380. The van der Waals surface area contributed by atoms with Gasteiger partial charge in [0.05, 0.1) is 24.2 Å². The van der Waals surface area contributed by atoms with Gasteiger partial charge in [0.1, 0.15) is 17.2 Å². The van der Waals surface area contributed by atoms with Crippen molar-refractivity contribution in [1.29, 1.82) is 0 Å². The molecule has 37 heavy (non-hydrogen) atoms. The maximum atomic E-state index is 12.7. The third kappa shape index (κ3) is 6.54. The fourth-order valence-corrected chi connectivity index (χ4v) is 4.46. The second-order valence-electron chi connectivity index (χ2n) is 8.15. The molecule has 1 amide bonds. The first-order chi connectivity index (χ1) is 17.3. The van der Waals surface area contributed by atoms with Crippen LogP contribution in [0, 0.1) is 0 Å². The molecule has 0 saturated heterocycles. The fraction of sp³-hybridized carbons (Fsp3) is 0.259. The largest absolute Gasteiger partial charge is 1.00 e. The van der Waals surface area contributed by atoms with Crippen LogP contribution in [0.5, 0.6) is 17.2 Å². The summed E-state index contributed by atoms with van der Waals surface area (Å²) in [6.45, 7) is 2.90. The number of carboxylic acids is 1. The predicted molar refractivity (Wildman–Crippen MR) is 134 cm³/mol. The molecule has 0 bridgehead atoms. The van der Waals surface area contributed by atoms with E-state index in [-0.39, 0.29) is 59.3 Å². The van der Waals surface area contributed by atoms with Crippen LogP contribution in [0.4, 0.5) is 0 Å². The van der Waals surface area contributed by atoms with Crippen molar-refractivity contribution in [2.24, 2.45) is 0 Å². The third-order valence-corrected chi connectivity index (χ3v) is 6.38. The smallest absolute Gasteiger partial charge is 0.545 e. The molecule has 0 aliphatic carbocycles. The molecule has 1 atom stereocenters. The molecule has 1 N–H and O–H groups in total. The van der Waals surface area contributed by atoms with E-state index in [9.17, 15) is 14.7 Å². The first-order valence-corrected chi connectivity index (χ1v) is 12.2. The number of hydrogen-bond acceptors (Lipinski definition) is 6. The molecule has 1 aliphatic rings. The van der Waals surface area contributed by atoms with E-state index in [1.807, 2.05) is 13.0 Å². The summed E-state index contributed by atoms with van der Waals surface area (Å²) in [5.74, 6) is -0.517. The van der Waals surface area contributed by atoms with Gasteiger partial charge in [-0.2, -0.15) is 0 Å². The molecule has 0 spiro atoms. The number of carbonyl (C=O) groups is 2. The Morgan fingerprint density at radius 1 is 1.08 bits per heavy atom. The summed E-state index contributed by atoms with van der Waals surface area (Å²) < 4.78 is 17.1. The molecule has 0 saturated carbocycles. The van der Waals surface area contributed by atoms with Gasteiger partial charge in [-0.15, -0.1) is 0 Å². The quantitative estimate of drug-likeness (QED) is 0.401. The van der Waals surface area contributed by atoms with Crippen molar-refractivity contribution in [3.63, 3.8) is 0 Å².